The summed E-state index contributed by atoms with van der Waals surface area (Å²) in [5.74, 6) is 0. The summed E-state index contributed by atoms with van der Waals surface area (Å²) >= 11 is 0. The highest BCUT2D eigenvalue weighted by molar-refractivity contribution is 6.11. The lowest BCUT2D eigenvalue weighted by Crippen LogP contribution is -2.12. The van der Waals surface area contributed by atoms with E-state index in [9.17, 15) is 0 Å². The average molecular weight is 881 g/mol. The van der Waals surface area contributed by atoms with Gasteiger partial charge in [-0.25, -0.2) is 0 Å². The Morgan fingerprint density at radius 2 is 0.696 bits per heavy atom. The summed E-state index contributed by atoms with van der Waals surface area (Å²) in [5, 5.41) is 4.76. The summed E-state index contributed by atoms with van der Waals surface area (Å²) in [6.45, 7) is 0. The predicted octanol–water partition coefficient (Wildman–Crippen LogP) is 18.5. The Kier molecular flexibility index (Phi) is 9.84. The van der Waals surface area contributed by atoms with E-state index in [-0.39, 0.29) is 0 Å². The van der Waals surface area contributed by atoms with Crippen LogP contribution in [0.5, 0.6) is 0 Å². The van der Waals surface area contributed by atoms with Gasteiger partial charge in [-0.3, -0.25) is 0 Å². The molecule has 0 radical (unpaired) electrons. The SMILES string of the molecule is c1ccc(-c2ccc(-c3ccccc3N(c3ccc(-c4cccc5c4oc4ccccc45)cc3)c3ccccc3-c3ccc(-c4ccccc4-n4c5ccccc5c5ccccc54)cc3)cc2)cc1. The number of para-hydroxylation sites is 7. The van der Waals surface area contributed by atoms with E-state index in [1.165, 1.54) is 38.5 Å². The molecule has 0 unspecified atom stereocenters. The maximum absolute atomic E-state index is 6.50. The van der Waals surface area contributed by atoms with Gasteiger partial charge in [-0.05, 0) is 81.9 Å². The van der Waals surface area contributed by atoms with E-state index in [2.05, 4.69) is 264 Å². The van der Waals surface area contributed by atoms with Crippen molar-refractivity contribution in [3.05, 3.63) is 267 Å². The van der Waals surface area contributed by atoms with Crippen molar-refractivity contribution < 1.29 is 4.42 Å². The monoisotopic (exact) mass is 880 g/mol. The van der Waals surface area contributed by atoms with Crippen LogP contribution in [0.1, 0.15) is 0 Å². The molecule has 3 nitrogen and oxygen atoms in total. The average Bonchev–Trinajstić information content (AvgIpc) is 3.98. The molecule has 0 spiro atoms. The molecule has 0 aliphatic rings. The number of hydrogen-bond acceptors (Lipinski definition) is 2. The fraction of sp³-hybridized carbons (Fsp3) is 0. The summed E-state index contributed by atoms with van der Waals surface area (Å²) in [5.41, 5.74) is 20.0. The molecule has 11 aromatic carbocycles. The Balaban J connectivity index is 0.932. The number of rotatable bonds is 9. The van der Waals surface area contributed by atoms with E-state index < -0.39 is 0 Å². The summed E-state index contributed by atoms with van der Waals surface area (Å²) in [4.78, 5) is 2.42. The number of benzene rings is 11. The Morgan fingerprint density at radius 1 is 0.275 bits per heavy atom. The van der Waals surface area contributed by atoms with E-state index in [1.807, 2.05) is 12.1 Å². The van der Waals surface area contributed by atoms with Crippen molar-refractivity contribution >= 4 is 60.8 Å². The van der Waals surface area contributed by atoms with Gasteiger partial charge in [0.1, 0.15) is 11.2 Å². The predicted molar refractivity (Wildman–Crippen MR) is 290 cm³/mol. The van der Waals surface area contributed by atoms with Crippen LogP contribution in [0, 0.1) is 0 Å². The van der Waals surface area contributed by atoms with E-state index in [1.54, 1.807) is 0 Å². The van der Waals surface area contributed by atoms with Gasteiger partial charge in [0.15, 0.2) is 0 Å². The number of anilines is 3. The van der Waals surface area contributed by atoms with Crippen LogP contribution < -0.4 is 4.90 Å². The minimum atomic E-state index is 0.896. The molecule has 0 N–H and O–H groups in total. The quantitative estimate of drug-likeness (QED) is 0.144. The molecule has 0 fully saturated rings. The minimum absolute atomic E-state index is 0.896. The molecule has 69 heavy (non-hydrogen) atoms. The first-order valence-electron chi connectivity index (χ1n) is 23.6. The Morgan fingerprint density at radius 3 is 1.33 bits per heavy atom. The standard InChI is InChI=1S/C66H44N2O/c1-2-17-45(18-3-1)46-33-35-47(36-34-46)52-19-4-10-27-60(52)67(51-43-41-50(42-44-51)55-25-16-26-59-58-24-9-15-32-65(58)69-66(55)59)61-28-11-5-20-53(61)48-37-39-49(40-38-48)54-21-6-12-29-62(54)68-63-30-13-7-22-56(63)57-23-8-14-31-64(57)68/h1-44H. The van der Waals surface area contributed by atoms with Crippen LogP contribution >= 0.6 is 0 Å². The Bertz CT molecular complexity index is 3940. The number of hydrogen-bond donors (Lipinski definition) is 0. The summed E-state index contributed by atoms with van der Waals surface area (Å²) in [6.07, 6.45) is 0. The first kappa shape index (κ1) is 40.1. The lowest BCUT2D eigenvalue weighted by atomic mass is 9.95. The zero-order chi connectivity index (χ0) is 45.7. The van der Waals surface area contributed by atoms with E-state index >= 15 is 0 Å². The van der Waals surface area contributed by atoms with Crippen molar-refractivity contribution in [3.63, 3.8) is 0 Å². The van der Waals surface area contributed by atoms with Crippen molar-refractivity contribution in [3.8, 4) is 61.3 Å². The molecule has 2 heterocycles. The van der Waals surface area contributed by atoms with Crippen LogP contribution in [0.15, 0.2) is 271 Å². The maximum atomic E-state index is 6.50. The highest BCUT2D eigenvalue weighted by Gasteiger charge is 2.22. The number of fused-ring (bicyclic) bond motifs is 6. The molecule has 0 saturated carbocycles. The lowest BCUT2D eigenvalue weighted by molar-refractivity contribution is 0.670. The molecule has 0 saturated heterocycles. The molecule has 13 aromatic rings. The highest BCUT2D eigenvalue weighted by atomic mass is 16.3. The normalized spacial score (nSPS) is 11.5. The van der Waals surface area contributed by atoms with Crippen molar-refractivity contribution in [1.29, 1.82) is 0 Å². The fourth-order valence-electron chi connectivity index (χ4n) is 10.4. The molecule has 13 rings (SSSR count). The molecular weight excluding hydrogens is 837 g/mol. The van der Waals surface area contributed by atoms with Gasteiger partial charge in [0.05, 0.1) is 28.1 Å². The van der Waals surface area contributed by atoms with Crippen molar-refractivity contribution in [1.82, 2.24) is 4.57 Å². The Labute approximate surface area is 401 Å². The maximum Gasteiger partial charge on any atom is 0.143 e. The zero-order valence-corrected chi connectivity index (χ0v) is 37.7. The third-order valence-electron chi connectivity index (χ3n) is 13.7. The first-order chi connectivity index (χ1) is 34.2. The molecule has 2 aromatic heterocycles. The fourth-order valence-corrected chi connectivity index (χ4v) is 10.4. The van der Waals surface area contributed by atoms with Gasteiger partial charge in [-0.1, -0.05) is 218 Å². The first-order valence-corrected chi connectivity index (χ1v) is 23.6. The molecule has 0 amide bonds. The smallest absolute Gasteiger partial charge is 0.143 e. The van der Waals surface area contributed by atoms with E-state index in [0.717, 1.165) is 83.6 Å². The van der Waals surface area contributed by atoms with Gasteiger partial charge >= 0.3 is 0 Å². The van der Waals surface area contributed by atoms with Gasteiger partial charge in [-0.15, -0.1) is 0 Å². The number of nitrogens with zero attached hydrogens (tertiary/aromatic N) is 2. The van der Waals surface area contributed by atoms with Crippen LogP contribution in [0.25, 0.3) is 105 Å². The molecule has 0 bridgehead atoms. The molecule has 324 valence electrons. The summed E-state index contributed by atoms with van der Waals surface area (Å²) in [7, 11) is 0. The second-order valence-corrected chi connectivity index (χ2v) is 17.6. The van der Waals surface area contributed by atoms with Gasteiger partial charge in [0.2, 0.25) is 0 Å². The van der Waals surface area contributed by atoms with Gasteiger partial charge < -0.3 is 13.9 Å². The van der Waals surface area contributed by atoms with Gasteiger partial charge in [0.25, 0.3) is 0 Å². The van der Waals surface area contributed by atoms with Crippen LogP contribution in [-0.4, -0.2) is 4.57 Å². The Hall–Kier alpha value is -9.18. The third-order valence-corrected chi connectivity index (χ3v) is 13.7. The lowest BCUT2D eigenvalue weighted by Gasteiger charge is -2.30. The van der Waals surface area contributed by atoms with E-state index in [0.29, 0.717) is 0 Å². The molecule has 0 atom stereocenters. The van der Waals surface area contributed by atoms with Crippen LogP contribution in [-0.2, 0) is 0 Å². The second-order valence-electron chi connectivity index (χ2n) is 17.6. The van der Waals surface area contributed by atoms with Crippen molar-refractivity contribution in [2.75, 3.05) is 4.90 Å². The molecule has 3 heteroatoms. The molecule has 0 aliphatic heterocycles. The third kappa shape index (κ3) is 6.99. The molecule has 0 aliphatic carbocycles. The largest absolute Gasteiger partial charge is 0.455 e. The van der Waals surface area contributed by atoms with Crippen molar-refractivity contribution in [2.24, 2.45) is 0 Å². The van der Waals surface area contributed by atoms with Crippen molar-refractivity contribution in [2.45, 2.75) is 0 Å². The van der Waals surface area contributed by atoms with Gasteiger partial charge in [0, 0.05) is 49.5 Å². The minimum Gasteiger partial charge on any atom is -0.455 e. The highest BCUT2D eigenvalue weighted by Crippen LogP contribution is 2.46. The topological polar surface area (TPSA) is 21.3 Å². The number of aromatic nitrogens is 1. The van der Waals surface area contributed by atoms with E-state index in [4.69, 9.17) is 4.42 Å². The zero-order valence-electron chi connectivity index (χ0n) is 37.7. The summed E-state index contributed by atoms with van der Waals surface area (Å²) < 4.78 is 8.92. The molecular formula is C66H44N2O. The van der Waals surface area contributed by atoms with Gasteiger partial charge in [-0.2, -0.15) is 0 Å². The second kappa shape index (κ2) is 16.9. The summed E-state index contributed by atoms with van der Waals surface area (Å²) in [6, 6.07) is 96.1. The van der Waals surface area contributed by atoms with Crippen LogP contribution in [0.2, 0.25) is 0 Å². The van der Waals surface area contributed by atoms with Crippen LogP contribution in [0.4, 0.5) is 17.1 Å². The van der Waals surface area contributed by atoms with Crippen LogP contribution in [0.3, 0.4) is 0 Å². The number of furan rings is 1.